The fraction of sp³-hybridized carbons (Fsp3) is 0.400. The highest BCUT2D eigenvalue weighted by Gasteiger charge is 2.45. The smallest absolute Gasteiger partial charge is 0.490 e. The molecular weight excluding hydrogens is 431 g/mol. The number of nitrogens with zero attached hydrogens (tertiary/aromatic N) is 4. The third-order valence-electron chi connectivity index (χ3n) is 5.39. The number of rotatable bonds is 4. The van der Waals surface area contributed by atoms with Crippen LogP contribution in [0.25, 0.3) is 11.2 Å². The van der Waals surface area contributed by atoms with Gasteiger partial charge in [0, 0.05) is 24.9 Å². The second-order valence-corrected chi connectivity index (χ2v) is 7.43. The van der Waals surface area contributed by atoms with Crippen molar-refractivity contribution in [1.29, 1.82) is 0 Å². The van der Waals surface area contributed by atoms with Crippen LogP contribution < -0.4 is 9.64 Å². The molecule has 2 aromatic heterocycles. The monoisotopic (exact) mass is 451 g/mol. The Bertz CT molecular complexity index is 1060. The van der Waals surface area contributed by atoms with Gasteiger partial charge in [0.05, 0.1) is 25.6 Å². The number of carbonyl (C=O) groups is 1. The normalized spacial score (nSPS) is 22.3. The number of H-pyrrole nitrogens is 1. The van der Waals surface area contributed by atoms with Crippen LogP contribution in [0.4, 0.5) is 19.0 Å². The van der Waals surface area contributed by atoms with E-state index >= 15 is 0 Å². The minimum absolute atomic E-state index is 0.234. The Hall–Kier alpha value is -3.41. The van der Waals surface area contributed by atoms with Gasteiger partial charge in [-0.1, -0.05) is 18.2 Å². The number of imidazole rings is 1. The van der Waals surface area contributed by atoms with Crippen molar-refractivity contribution in [3.05, 3.63) is 43.0 Å². The maximum Gasteiger partial charge on any atom is 0.490 e. The predicted octanol–water partition coefficient (Wildman–Crippen LogP) is 2.52. The average molecular weight is 451 g/mol. The largest absolute Gasteiger partial charge is 0.493 e. The van der Waals surface area contributed by atoms with Gasteiger partial charge in [0.1, 0.15) is 17.6 Å². The molecule has 0 spiro atoms. The summed E-state index contributed by atoms with van der Waals surface area (Å²) in [4.78, 5) is 27.2. The van der Waals surface area contributed by atoms with E-state index in [1.54, 1.807) is 12.7 Å². The number of ether oxygens (including phenoxy) is 2. The van der Waals surface area contributed by atoms with Crippen molar-refractivity contribution in [2.24, 2.45) is 11.8 Å². The molecule has 2 fully saturated rings. The fourth-order valence-electron chi connectivity index (χ4n) is 3.86. The Kier molecular flexibility index (Phi) is 6.12. The molecule has 0 amide bonds. The maximum atomic E-state index is 10.6. The first kappa shape index (κ1) is 21.8. The van der Waals surface area contributed by atoms with E-state index in [2.05, 4.69) is 24.8 Å². The predicted molar refractivity (Wildman–Crippen MR) is 106 cm³/mol. The van der Waals surface area contributed by atoms with Crippen molar-refractivity contribution in [2.45, 2.75) is 12.3 Å². The average Bonchev–Trinajstić information content (AvgIpc) is 3.48. The molecule has 0 unspecified atom stereocenters. The van der Waals surface area contributed by atoms with E-state index in [9.17, 15) is 13.2 Å². The van der Waals surface area contributed by atoms with Gasteiger partial charge < -0.3 is 24.5 Å². The van der Waals surface area contributed by atoms with E-state index in [1.807, 2.05) is 30.3 Å². The van der Waals surface area contributed by atoms with E-state index in [0.29, 0.717) is 24.1 Å². The first-order chi connectivity index (χ1) is 15.3. The zero-order chi connectivity index (χ0) is 22.7. The number of anilines is 1. The number of aromatic amines is 1. The van der Waals surface area contributed by atoms with Gasteiger partial charge in [0.2, 0.25) is 0 Å². The molecule has 12 heteroatoms. The lowest BCUT2D eigenvalue weighted by Gasteiger charge is -2.21. The molecule has 0 bridgehead atoms. The highest BCUT2D eigenvalue weighted by molar-refractivity contribution is 5.82. The molecule has 2 N–H and O–H groups in total. The van der Waals surface area contributed by atoms with Gasteiger partial charge in [-0.2, -0.15) is 13.2 Å². The number of para-hydroxylation sites is 1. The van der Waals surface area contributed by atoms with Crippen LogP contribution in [0, 0.1) is 11.8 Å². The van der Waals surface area contributed by atoms with Crippen LogP contribution in [0.3, 0.4) is 0 Å². The van der Waals surface area contributed by atoms with Crippen molar-refractivity contribution in [3.8, 4) is 5.75 Å². The SMILES string of the molecule is O=C(O)C(F)(F)F.c1ccc(OC[C@@H]2CO[C@@H]3CN(c4ncnc5nc[nH]c45)C[C@H]23)cc1. The zero-order valence-corrected chi connectivity index (χ0v) is 16.7. The summed E-state index contributed by atoms with van der Waals surface area (Å²) in [5.74, 6) is -0.0857. The van der Waals surface area contributed by atoms with Crippen LogP contribution in [-0.2, 0) is 9.53 Å². The quantitative estimate of drug-likeness (QED) is 0.622. The molecule has 3 atom stereocenters. The lowest BCUT2D eigenvalue weighted by molar-refractivity contribution is -0.192. The lowest BCUT2D eigenvalue weighted by Crippen LogP contribution is -2.27. The van der Waals surface area contributed by atoms with Crippen molar-refractivity contribution in [2.75, 3.05) is 31.2 Å². The number of hydrogen-bond donors (Lipinski definition) is 2. The zero-order valence-electron chi connectivity index (χ0n) is 16.7. The van der Waals surface area contributed by atoms with Crippen molar-refractivity contribution < 1.29 is 32.5 Å². The molecule has 9 nitrogen and oxygen atoms in total. The molecule has 3 aromatic rings. The summed E-state index contributed by atoms with van der Waals surface area (Å²) < 4.78 is 43.7. The van der Waals surface area contributed by atoms with Gasteiger partial charge in [-0.15, -0.1) is 0 Å². The minimum atomic E-state index is -5.08. The molecule has 32 heavy (non-hydrogen) atoms. The van der Waals surface area contributed by atoms with E-state index in [-0.39, 0.29) is 6.10 Å². The summed E-state index contributed by atoms with van der Waals surface area (Å²) >= 11 is 0. The molecular formula is C20H20F3N5O4. The summed E-state index contributed by atoms with van der Waals surface area (Å²) in [5.41, 5.74) is 1.59. The lowest BCUT2D eigenvalue weighted by atomic mass is 9.94. The van der Waals surface area contributed by atoms with E-state index in [4.69, 9.17) is 19.4 Å². The van der Waals surface area contributed by atoms with Gasteiger partial charge in [0.25, 0.3) is 0 Å². The molecule has 4 heterocycles. The topological polar surface area (TPSA) is 113 Å². The number of alkyl halides is 3. The number of aromatic nitrogens is 4. The standard InChI is InChI=1S/C18H19N5O2.C2HF3O2/c1-2-4-13(5-3-1)24-8-12-9-25-15-7-23(6-14(12)15)18-16-17(20-10-19-16)21-11-22-18;3-2(4,5)1(6)7/h1-5,10-12,14-15H,6-9H2,(H,19,20,21,22);(H,6,7)/t12-,14-,15-;/m1./s1. The van der Waals surface area contributed by atoms with Crippen LogP contribution in [0.5, 0.6) is 5.75 Å². The van der Waals surface area contributed by atoms with Crippen LogP contribution in [-0.4, -0.2) is 69.6 Å². The van der Waals surface area contributed by atoms with Gasteiger partial charge in [-0.3, -0.25) is 0 Å². The minimum Gasteiger partial charge on any atom is -0.493 e. The van der Waals surface area contributed by atoms with E-state index < -0.39 is 12.1 Å². The van der Waals surface area contributed by atoms with Crippen molar-refractivity contribution in [3.63, 3.8) is 0 Å². The maximum absolute atomic E-state index is 10.6. The number of carboxylic acid groups (broad SMARTS) is 1. The van der Waals surface area contributed by atoms with E-state index in [0.717, 1.165) is 36.8 Å². The van der Waals surface area contributed by atoms with Crippen LogP contribution in [0.2, 0.25) is 0 Å². The summed E-state index contributed by atoms with van der Waals surface area (Å²) in [6.45, 7) is 3.21. The van der Waals surface area contributed by atoms with Gasteiger partial charge in [-0.25, -0.2) is 19.7 Å². The summed E-state index contributed by atoms with van der Waals surface area (Å²) in [5, 5.41) is 7.12. The Labute approximate surface area is 180 Å². The molecule has 1 aromatic carbocycles. The first-order valence-electron chi connectivity index (χ1n) is 9.81. The molecule has 5 rings (SSSR count). The Morgan fingerprint density at radius 1 is 1.22 bits per heavy atom. The van der Waals surface area contributed by atoms with Crippen LogP contribution >= 0.6 is 0 Å². The highest BCUT2D eigenvalue weighted by atomic mass is 19.4. The Balaban J connectivity index is 0.000000307. The first-order valence-corrected chi connectivity index (χ1v) is 9.81. The third-order valence-corrected chi connectivity index (χ3v) is 5.39. The Morgan fingerprint density at radius 2 is 1.97 bits per heavy atom. The van der Waals surface area contributed by atoms with E-state index in [1.165, 1.54) is 0 Å². The molecule has 170 valence electrons. The second kappa shape index (κ2) is 8.99. The number of fused-ring (bicyclic) bond motifs is 2. The number of benzene rings is 1. The highest BCUT2D eigenvalue weighted by Crippen LogP contribution is 2.36. The molecule has 2 aliphatic heterocycles. The van der Waals surface area contributed by atoms with Gasteiger partial charge in [-0.05, 0) is 12.1 Å². The second-order valence-electron chi connectivity index (χ2n) is 7.43. The summed E-state index contributed by atoms with van der Waals surface area (Å²) in [6.07, 6.45) is -1.62. The van der Waals surface area contributed by atoms with Gasteiger partial charge >= 0.3 is 12.1 Å². The molecule has 2 aliphatic rings. The molecule has 2 saturated heterocycles. The number of hydrogen-bond acceptors (Lipinski definition) is 7. The van der Waals surface area contributed by atoms with Crippen molar-refractivity contribution in [1.82, 2.24) is 19.9 Å². The molecule has 0 saturated carbocycles. The summed E-state index contributed by atoms with van der Waals surface area (Å²) in [7, 11) is 0. The fourth-order valence-corrected chi connectivity index (χ4v) is 3.86. The number of nitrogens with one attached hydrogen (secondary N) is 1. The number of halogens is 3. The summed E-state index contributed by atoms with van der Waals surface area (Å²) in [6, 6.07) is 9.96. The molecule has 0 radical (unpaired) electrons. The molecule has 0 aliphatic carbocycles. The van der Waals surface area contributed by atoms with Crippen LogP contribution in [0.15, 0.2) is 43.0 Å². The van der Waals surface area contributed by atoms with Crippen molar-refractivity contribution >= 4 is 23.0 Å². The number of aliphatic carboxylic acids is 1. The Morgan fingerprint density at radius 3 is 2.69 bits per heavy atom. The van der Waals surface area contributed by atoms with Crippen LogP contribution in [0.1, 0.15) is 0 Å². The third kappa shape index (κ3) is 4.74. The number of carboxylic acids is 1. The van der Waals surface area contributed by atoms with Gasteiger partial charge in [0.15, 0.2) is 11.5 Å².